The zero-order valence-corrected chi connectivity index (χ0v) is 18.4. The number of halogens is 1. The van der Waals surface area contributed by atoms with Crippen molar-refractivity contribution in [1.82, 2.24) is 4.98 Å². The van der Waals surface area contributed by atoms with Crippen LogP contribution in [0.3, 0.4) is 0 Å². The van der Waals surface area contributed by atoms with E-state index in [1.54, 1.807) is 18.2 Å². The molecule has 1 saturated carbocycles. The van der Waals surface area contributed by atoms with Gasteiger partial charge in [-0.3, -0.25) is 9.59 Å². The van der Waals surface area contributed by atoms with Gasteiger partial charge in [0.15, 0.2) is 10.9 Å². The van der Waals surface area contributed by atoms with Gasteiger partial charge in [-0.1, -0.05) is 54.2 Å². The first-order valence-corrected chi connectivity index (χ1v) is 11.6. The van der Waals surface area contributed by atoms with E-state index in [2.05, 4.69) is 10.3 Å². The number of aliphatic carboxylic acids is 1. The fourth-order valence-electron chi connectivity index (χ4n) is 4.43. The van der Waals surface area contributed by atoms with Crippen molar-refractivity contribution in [3.63, 3.8) is 0 Å². The van der Waals surface area contributed by atoms with E-state index < -0.39 is 17.8 Å². The molecule has 0 aliphatic heterocycles. The monoisotopic (exact) mass is 460 g/mol. The Bertz CT molecular complexity index is 1330. The topological polar surface area (TPSA) is 79.3 Å². The van der Waals surface area contributed by atoms with Gasteiger partial charge in [0.05, 0.1) is 16.1 Å². The summed E-state index contributed by atoms with van der Waals surface area (Å²) in [6, 6.07) is 19.7. The minimum Gasteiger partial charge on any atom is -0.481 e. The predicted molar refractivity (Wildman–Crippen MR) is 128 cm³/mol. The fourth-order valence-corrected chi connectivity index (χ4v) is 5.34. The van der Waals surface area contributed by atoms with Crippen LogP contribution >= 0.6 is 11.3 Å². The van der Waals surface area contributed by atoms with Crippen molar-refractivity contribution in [2.75, 3.05) is 5.32 Å². The van der Waals surface area contributed by atoms with Gasteiger partial charge in [0.1, 0.15) is 5.82 Å². The molecule has 1 unspecified atom stereocenters. The second-order valence-electron chi connectivity index (χ2n) is 8.26. The highest BCUT2D eigenvalue weighted by molar-refractivity contribution is 7.22. The van der Waals surface area contributed by atoms with Gasteiger partial charge in [0.25, 0.3) is 0 Å². The van der Waals surface area contributed by atoms with Crippen molar-refractivity contribution < 1.29 is 19.1 Å². The molecule has 1 aliphatic carbocycles. The molecular formula is C26H21FN2O3S. The Balaban J connectivity index is 1.29. The number of carboxylic acid groups (broad SMARTS) is 1. The molecule has 5 rings (SSSR count). The quantitative estimate of drug-likeness (QED) is 0.320. The van der Waals surface area contributed by atoms with E-state index in [1.807, 2.05) is 36.4 Å². The predicted octanol–water partition coefficient (Wildman–Crippen LogP) is 6.53. The molecule has 1 heterocycles. The van der Waals surface area contributed by atoms with Gasteiger partial charge in [-0.2, -0.15) is 0 Å². The summed E-state index contributed by atoms with van der Waals surface area (Å²) in [6.07, 6.45) is 1.98. The number of nitrogens with one attached hydrogen (secondary N) is 1. The van der Waals surface area contributed by atoms with Crippen LogP contribution in [0.1, 0.15) is 29.6 Å². The van der Waals surface area contributed by atoms with E-state index in [1.165, 1.54) is 23.5 Å². The highest BCUT2D eigenvalue weighted by Crippen LogP contribution is 2.35. The number of carboxylic acids is 1. The molecule has 3 aromatic carbocycles. The van der Waals surface area contributed by atoms with E-state index in [-0.39, 0.29) is 11.6 Å². The first kappa shape index (κ1) is 21.3. The van der Waals surface area contributed by atoms with Crippen LogP contribution in [0, 0.1) is 17.7 Å². The molecular weight excluding hydrogens is 439 g/mol. The van der Waals surface area contributed by atoms with E-state index in [4.69, 9.17) is 0 Å². The van der Waals surface area contributed by atoms with E-state index in [0.717, 1.165) is 33.5 Å². The molecule has 33 heavy (non-hydrogen) atoms. The summed E-state index contributed by atoms with van der Waals surface area (Å²) in [5.41, 5.74) is 4.14. The van der Waals surface area contributed by atoms with Crippen molar-refractivity contribution in [1.29, 1.82) is 0 Å². The molecule has 1 fully saturated rings. The summed E-state index contributed by atoms with van der Waals surface area (Å²) < 4.78 is 14.2. The maximum absolute atomic E-state index is 13.4. The Morgan fingerprint density at radius 2 is 1.61 bits per heavy atom. The number of fused-ring (bicyclic) bond motifs is 1. The lowest BCUT2D eigenvalue weighted by Gasteiger charge is -2.14. The Kier molecular flexibility index (Phi) is 5.64. The molecule has 0 amide bonds. The summed E-state index contributed by atoms with van der Waals surface area (Å²) in [5, 5.41) is 13.3. The maximum atomic E-state index is 13.4. The van der Waals surface area contributed by atoms with Crippen molar-refractivity contribution >= 4 is 44.1 Å². The van der Waals surface area contributed by atoms with Crippen LogP contribution in [0.15, 0.2) is 66.7 Å². The molecule has 1 aromatic heterocycles. The average molecular weight is 461 g/mol. The van der Waals surface area contributed by atoms with Crippen LogP contribution < -0.4 is 5.32 Å². The summed E-state index contributed by atoms with van der Waals surface area (Å²) in [4.78, 5) is 28.7. The molecule has 0 bridgehead atoms. The summed E-state index contributed by atoms with van der Waals surface area (Å²) in [6.45, 7) is 0. The molecule has 0 saturated heterocycles. The third kappa shape index (κ3) is 4.36. The summed E-state index contributed by atoms with van der Waals surface area (Å²) in [5.74, 6) is -2.25. The first-order valence-electron chi connectivity index (χ1n) is 10.8. The highest BCUT2D eigenvalue weighted by Gasteiger charge is 2.37. The number of ketones is 1. The number of aromatic nitrogens is 1. The smallest absolute Gasteiger partial charge is 0.307 e. The second-order valence-corrected chi connectivity index (χ2v) is 9.29. The van der Waals surface area contributed by atoms with Crippen molar-refractivity contribution in [3.8, 4) is 11.1 Å². The minimum atomic E-state index is -0.880. The standard InChI is InChI=1S/C26H21FN2O3S/c27-18-10-13-22-23(14-18)33-26(29-22)28-19-11-8-16(9-12-19)15-4-6-17(7-5-15)24(30)20-2-1-3-21(20)25(31)32/h4-14,20-21H,1-3H2,(H,28,29)(H,31,32)/t20-,21?/m1/s1. The number of carbonyl (C=O) groups is 2. The Labute approximate surface area is 193 Å². The molecule has 2 atom stereocenters. The molecule has 0 radical (unpaired) electrons. The van der Waals surface area contributed by atoms with Crippen molar-refractivity contribution in [2.45, 2.75) is 19.3 Å². The lowest BCUT2D eigenvalue weighted by atomic mass is 9.88. The van der Waals surface area contributed by atoms with Crippen molar-refractivity contribution in [2.24, 2.45) is 11.8 Å². The normalized spacial score (nSPS) is 17.8. The number of carbonyl (C=O) groups excluding carboxylic acids is 1. The van der Waals surface area contributed by atoms with Crippen LogP contribution in [0.2, 0.25) is 0 Å². The Morgan fingerprint density at radius 1 is 0.939 bits per heavy atom. The van der Waals surface area contributed by atoms with Crippen LogP contribution in [0.5, 0.6) is 0 Å². The van der Waals surface area contributed by atoms with Gasteiger partial charge in [0, 0.05) is 17.2 Å². The number of nitrogens with zero attached hydrogens (tertiary/aromatic N) is 1. The van der Waals surface area contributed by atoms with Gasteiger partial charge in [0.2, 0.25) is 0 Å². The van der Waals surface area contributed by atoms with Crippen LogP contribution in [-0.2, 0) is 4.79 Å². The lowest BCUT2D eigenvalue weighted by Crippen LogP contribution is -2.25. The summed E-state index contributed by atoms with van der Waals surface area (Å²) >= 11 is 1.39. The Hall–Kier alpha value is -3.58. The molecule has 2 N–H and O–H groups in total. The number of Topliss-reactive ketones (excluding diaryl/α,β-unsaturated/α-hetero) is 1. The average Bonchev–Trinajstić information content (AvgIpc) is 3.46. The number of thiazole rings is 1. The van der Waals surface area contributed by atoms with Gasteiger partial charge < -0.3 is 10.4 Å². The lowest BCUT2D eigenvalue weighted by molar-refractivity contribution is -0.142. The van der Waals surface area contributed by atoms with E-state index >= 15 is 0 Å². The highest BCUT2D eigenvalue weighted by atomic mass is 32.1. The molecule has 7 heteroatoms. The van der Waals surface area contributed by atoms with E-state index in [0.29, 0.717) is 23.5 Å². The number of anilines is 2. The van der Waals surface area contributed by atoms with Gasteiger partial charge in [-0.15, -0.1) is 0 Å². The minimum absolute atomic E-state index is 0.0817. The van der Waals surface area contributed by atoms with Gasteiger partial charge >= 0.3 is 5.97 Å². The zero-order valence-electron chi connectivity index (χ0n) is 17.6. The molecule has 166 valence electrons. The number of hydrogen-bond donors (Lipinski definition) is 2. The largest absolute Gasteiger partial charge is 0.481 e. The van der Waals surface area contributed by atoms with Crippen LogP contribution in [0.25, 0.3) is 21.3 Å². The maximum Gasteiger partial charge on any atom is 0.307 e. The molecule has 1 aliphatic rings. The number of rotatable bonds is 6. The van der Waals surface area contributed by atoms with E-state index in [9.17, 15) is 19.1 Å². The van der Waals surface area contributed by atoms with Gasteiger partial charge in [-0.25, -0.2) is 9.37 Å². The fraction of sp³-hybridized carbons (Fsp3) is 0.192. The third-order valence-corrected chi connectivity index (χ3v) is 7.09. The van der Waals surface area contributed by atoms with Gasteiger partial charge in [-0.05, 0) is 54.3 Å². The van der Waals surface area contributed by atoms with Crippen molar-refractivity contribution in [3.05, 3.63) is 78.1 Å². The molecule has 0 spiro atoms. The Morgan fingerprint density at radius 3 is 2.30 bits per heavy atom. The first-order chi connectivity index (χ1) is 16.0. The van der Waals surface area contributed by atoms with Crippen LogP contribution in [0.4, 0.5) is 15.2 Å². The SMILES string of the molecule is O=C(O)C1CCC[C@H]1C(=O)c1ccc(-c2ccc(Nc3nc4ccc(F)cc4s3)cc2)cc1. The summed E-state index contributed by atoms with van der Waals surface area (Å²) in [7, 11) is 0. The third-order valence-electron chi connectivity index (χ3n) is 6.16. The molecule has 4 aromatic rings. The second kappa shape index (κ2) is 8.75. The number of hydrogen-bond acceptors (Lipinski definition) is 5. The number of benzene rings is 3. The zero-order chi connectivity index (χ0) is 22.9. The van der Waals surface area contributed by atoms with Crippen LogP contribution in [-0.4, -0.2) is 21.8 Å². The molecule has 5 nitrogen and oxygen atoms in total.